The number of methoxy groups -OCH3 is 2. The number of hydrogen-bond donors (Lipinski definition) is 2. The van der Waals surface area contributed by atoms with Gasteiger partial charge in [0.15, 0.2) is 11.5 Å². The van der Waals surface area contributed by atoms with Crippen molar-refractivity contribution in [2.45, 2.75) is 6.92 Å². The number of carbonyl (C=O) groups excluding carboxylic acids is 2. The maximum Gasteiger partial charge on any atom is 0.272 e. The first-order valence-corrected chi connectivity index (χ1v) is 11.1. The molecule has 0 saturated carbocycles. The first-order valence-electron chi connectivity index (χ1n) is 9.89. The zero-order chi connectivity index (χ0) is 24.0. The van der Waals surface area contributed by atoms with Gasteiger partial charge in [-0.15, -0.1) is 0 Å². The highest BCUT2D eigenvalue weighted by Crippen LogP contribution is 2.28. The average molecular weight is 530 g/mol. The van der Waals surface area contributed by atoms with Crippen molar-refractivity contribution in [1.29, 1.82) is 0 Å². The summed E-state index contributed by atoms with van der Waals surface area (Å²) in [6.45, 7) is 1.92. The van der Waals surface area contributed by atoms with Crippen LogP contribution in [0.2, 0.25) is 5.02 Å². The standard InChI is InChI=1S/C25H22BrClN2O4/c1-15-12-19(9-10-20(15)26)28-25(31)21(29-24(30)17-5-7-18(27)8-6-17)13-16-4-11-22(32-2)23(14-16)33-3/h4-14H,1-3H3,(H,28,31)(H,29,30)/b21-13+. The van der Waals surface area contributed by atoms with Gasteiger partial charge in [0.05, 0.1) is 14.2 Å². The Morgan fingerprint density at radius 1 is 0.939 bits per heavy atom. The van der Waals surface area contributed by atoms with Crippen molar-refractivity contribution < 1.29 is 19.1 Å². The lowest BCUT2D eigenvalue weighted by molar-refractivity contribution is -0.113. The molecule has 0 atom stereocenters. The van der Waals surface area contributed by atoms with Crippen LogP contribution in [0.5, 0.6) is 11.5 Å². The van der Waals surface area contributed by atoms with Gasteiger partial charge in [-0.3, -0.25) is 9.59 Å². The first-order chi connectivity index (χ1) is 15.8. The summed E-state index contributed by atoms with van der Waals surface area (Å²) in [5, 5.41) is 6.04. The largest absolute Gasteiger partial charge is 0.493 e. The molecule has 170 valence electrons. The minimum absolute atomic E-state index is 0.0581. The number of halogens is 2. The summed E-state index contributed by atoms with van der Waals surface area (Å²) in [7, 11) is 3.07. The van der Waals surface area contributed by atoms with Crippen LogP contribution in [0.25, 0.3) is 6.08 Å². The van der Waals surface area contributed by atoms with Crippen LogP contribution in [0.3, 0.4) is 0 Å². The Morgan fingerprint density at radius 3 is 2.27 bits per heavy atom. The molecule has 2 N–H and O–H groups in total. The molecule has 8 heteroatoms. The van der Waals surface area contributed by atoms with Crippen molar-refractivity contribution in [3.05, 3.63) is 92.5 Å². The van der Waals surface area contributed by atoms with Crippen LogP contribution in [-0.2, 0) is 4.79 Å². The molecule has 2 amide bonds. The lowest BCUT2D eigenvalue weighted by Crippen LogP contribution is -2.30. The Morgan fingerprint density at radius 2 is 1.64 bits per heavy atom. The van der Waals surface area contributed by atoms with Gasteiger partial charge in [0.25, 0.3) is 11.8 Å². The van der Waals surface area contributed by atoms with Crippen molar-refractivity contribution in [1.82, 2.24) is 5.32 Å². The monoisotopic (exact) mass is 528 g/mol. The Kier molecular flexibility index (Phi) is 8.14. The number of ether oxygens (including phenoxy) is 2. The molecule has 0 heterocycles. The predicted octanol–water partition coefficient (Wildman–Crippen LogP) is 5.84. The molecule has 0 radical (unpaired) electrons. The van der Waals surface area contributed by atoms with Crippen LogP contribution in [0.4, 0.5) is 5.69 Å². The van der Waals surface area contributed by atoms with Crippen LogP contribution in [0.15, 0.2) is 70.8 Å². The maximum absolute atomic E-state index is 13.1. The lowest BCUT2D eigenvalue weighted by Gasteiger charge is -2.13. The van der Waals surface area contributed by atoms with Gasteiger partial charge in [-0.05, 0) is 78.7 Å². The van der Waals surface area contributed by atoms with E-state index in [1.54, 1.807) is 61.7 Å². The first kappa shape index (κ1) is 24.4. The number of aryl methyl sites for hydroxylation is 1. The Labute approximate surface area is 205 Å². The van der Waals surface area contributed by atoms with E-state index in [0.29, 0.717) is 33.3 Å². The molecule has 3 aromatic rings. The van der Waals surface area contributed by atoms with E-state index in [-0.39, 0.29) is 5.70 Å². The van der Waals surface area contributed by atoms with Gasteiger partial charge in [0.2, 0.25) is 0 Å². The van der Waals surface area contributed by atoms with Crippen molar-refractivity contribution >= 4 is 51.1 Å². The summed E-state index contributed by atoms with van der Waals surface area (Å²) >= 11 is 9.36. The summed E-state index contributed by atoms with van der Waals surface area (Å²) in [6, 6.07) is 17.0. The molecule has 0 fully saturated rings. The number of carbonyl (C=O) groups is 2. The summed E-state index contributed by atoms with van der Waals surface area (Å²) < 4.78 is 11.5. The molecule has 0 spiro atoms. The molecule has 0 saturated heterocycles. The highest BCUT2D eigenvalue weighted by molar-refractivity contribution is 9.10. The van der Waals surface area contributed by atoms with E-state index in [0.717, 1.165) is 10.0 Å². The molecule has 0 unspecified atom stereocenters. The number of nitrogens with one attached hydrogen (secondary N) is 2. The maximum atomic E-state index is 13.1. The number of anilines is 1. The van der Waals surface area contributed by atoms with Crippen molar-refractivity contribution in [3.8, 4) is 11.5 Å². The Bertz CT molecular complexity index is 1210. The fourth-order valence-corrected chi connectivity index (χ4v) is 3.36. The second-order valence-electron chi connectivity index (χ2n) is 7.05. The van der Waals surface area contributed by atoms with Gasteiger partial charge in [-0.25, -0.2) is 0 Å². The molecule has 0 aromatic heterocycles. The lowest BCUT2D eigenvalue weighted by atomic mass is 10.1. The smallest absolute Gasteiger partial charge is 0.272 e. The highest BCUT2D eigenvalue weighted by atomic mass is 79.9. The van der Waals surface area contributed by atoms with Gasteiger partial charge in [-0.1, -0.05) is 33.6 Å². The van der Waals surface area contributed by atoms with Crippen molar-refractivity contribution in [3.63, 3.8) is 0 Å². The second-order valence-corrected chi connectivity index (χ2v) is 8.34. The zero-order valence-corrected chi connectivity index (χ0v) is 20.6. The molecule has 6 nitrogen and oxygen atoms in total. The molecule has 0 aliphatic heterocycles. The second kappa shape index (κ2) is 11.0. The van der Waals surface area contributed by atoms with Crippen LogP contribution in [-0.4, -0.2) is 26.0 Å². The van der Waals surface area contributed by atoms with E-state index in [1.807, 2.05) is 19.1 Å². The molecule has 0 bridgehead atoms. The SMILES string of the molecule is COc1ccc(/C=C(/NC(=O)c2ccc(Cl)cc2)C(=O)Nc2ccc(Br)c(C)c2)cc1OC. The molecule has 0 aliphatic carbocycles. The van der Waals surface area contributed by atoms with Crippen LogP contribution >= 0.6 is 27.5 Å². The minimum Gasteiger partial charge on any atom is -0.493 e. The molecule has 3 rings (SSSR count). The van der Waals surface area contributed by atoms with E-state index in [2.05, 4.69) is 26.6 Å². The van der Waals surface area contributed by atoms with E-state index >= 15 is 0 Å². The highest BCUT2D eigenvalue weighted by Gasteiger charge is 2.16. The molecular weight excluding hydrogens is 508 g/mol. The third-order valence-electron chi connectivity index (χ3n) is 4.73. The number of rotatable bonds is 7. The number of benzene rings is 3. The van der Waals surface area contributed by atoms with Gasteiger partial charge >= 0.3 is 0 Å². The van der Waals surface area contributed by atoms with Gasteiger partial charge < -0.3 is 20.1 Å². The fraction of sp³-hybridized carbons (Fsp3) is 0.120. The minimum atomic E-state index is -0.478. The van der Waals surface area contributed by atoms with Crippen molar-refractivity contribution in [2.75, 3.05) is 19.5 Å². The third-order valence-corrected chi connectivity index (χ3v) is 5.88. The Hall–Kier alpha value is -3.29. The van der Waals surface area contributed by atoms with Crippen LogP contribution < -0.4 is 20.1 Å². The Balaban J connectivity index is 1.94. The molecular formula is C25H22BrClN2O4. The van der Waals surface area contributed by atoms with Crippen LogP contribution in [0.1, 0.15) is 21.5 Å². The number of hydrogen-bond acceptors (Lipinski definition) is 4. The van der Waals surface area contributed by atoms with Gasteiger partial charge in [0.1, 0.15) is 5.70 Å². The summed E-state index contributed by atoms with van der Waals surface area (Å²) in [4.78, 5) is 25.9. The summed E-state index contributed by atoms with van der Waals surface area (Å²) in [5.74, 6) is 0.129. The quantitative estimate of drug-likeness (QED) is 0.377. The predicted molar refractivity (Wildman–Crippen MR) is 134 cm³/mol. The van der Waals surface area contributed by atoms with Gasteiger partial charge in [0, 0.05) is 20.7 Å². The topological polar surface area (TPSA) is 76.7 Å². The molecule has 3 aromatic carbocycles. The average Bonchev–Trinajstić information content (AvgIpc) is 2.81. The number of amides is 2. The van der Waals surface area contributed by atoms with Crippen molar-refractivity contribution in [2.24, 2.45) is 0 Å². The zero-order valence-electron chi connectivity index (χ0n) is 18.2. The molecule has 33 heavy (non-hydrogen) atoms. The summed E-state index contributed by atoms with van der Waals surface area (Å²) in [6.07, 6.45) is 1.57. The van der Waals surface area contributed by atoms with E-state index in [1.165, 1.54) is 7.11 Å². The molecule has 0 aliphatic rings. The van der Waals surface area contributed by atoms with E-state index in [4.69, 9.17) is 21.1 Å². The van der Waals surface area contributed by atoms with E-state index in [9.17, 15) is 9.59 Å². The normalized spacial score (nSPS) is 11.0. The fourth-order valence-electron chi connectivity index (χ4n) is 2.98. The third kappa shape index (κ3) is 6.37. The summed E-state index contributed by atoms with van der Waals surface area (Å²) in [5.41, 5.74) is 2.62. The van der Waals surface area contributed by atoms with Crippen LogP contribution in [0, 0.1) is 6.92 Å². The van der Waals surface area contributed by atoms with Gasteiger partial charge in [-0.2, -0.15) is 0 Å². The van der Waals surface area contributed by atoms with E-state index < -0.39 is 11.8 Å².